The molecule has 0 saturated carbocycles. The lowest BCUT2D eigenvalue weighted by atomic mass is 10.0. The number of halogens is 1. The third-order valence-electron chi connectivity index (χ3n) is 5.38. The maximum atomic E-state index is 12.6. The number of benzene rings is 1. The van der Waals surface area contributed by atoms with E-state index in [1.165, 1.54) is 0 Å². The zero-order chi connectivity index (χ0) is 19.7. The minimum absolute atomic E-state index is 0.0467. The van der Waals surface area contributed by atoms with Crippen LogP contribution in [0.4, 0.5) is 0 Å². The highest BCUT2D eigenvalue weighted by Crippen LogP contribution is 2.22. The van der Waals surface area contributed by atoms with Crippen LogP contribution in [0.25, 0.3) is 5.69 Å². The van der Waals surface area contributed by atoms with Crippen molar-refractivity contribution in [2.75, 3.05) is 19.6 Å². The fourth-order valence-electron chi connectivity index (χ4n) is 3.95. The molecule has 2 aromatic rings. The maximum Gasteiger partial charge on any atom is 0.245 e. The summed E-state index contributed by atoms with van der Waals surface area (Å²) in [7, 11) is 0. The molecule has 8 heteroatoms. The zero-order valence-corrected chi connectivity index (χ0v) is 16.6. The molecule has 1 aromatic heterocycles. The lowest BCUT2D eigenvalue weighted by molar-refractivity contribution is -0.153. The predicted octanol–water partition coefficient (Wildman–Crippen LogP) is 1.84. The van der Waals surface area contributed by atoms with Gasteiger partial charge in [-0.2, -0.15) is 5.10 Å². The number of para-hydroxylation sites is 1. The van der Waals surface area contributed by atoms with E-state index in [0.29, 0.717) is 31.1 Å². The average Bonchev–Trinajstić information content (AvgIpc) is 3.14. The van der Waals surface area contributed by atoms with Gasteiger partial charge in [0.25, 0.3) is 0 Å². The summed E-state index contributed by atoms with van der Waals surface area (Å²) in [6.07, 6.45) is 5.34. The van der Waals surface area contributed by atoms with E-state index in [0.717, 1.165) is 24.2 Å². The molecule has 0 radical (unpaired) electrons. The SMILES string of the molecule is CCC[C@@H]1NC(=O)[C@H]2CN(Cc3cnn(-c4ccccc4Cl)c3)CCN2C1=O. The molecule has 4 rings (SSSR count). The van der Waals surface area contributed by atoms with E-state index in [1.807, 2.05) is 43.6 Å². The van der Waals surface area contributed by atoms with E-state index in [4.69, 9.17) is 11.6 Å². The van der Waals surface area contributed by atoms with Crippen molar-refractivity contribution in [2.45, 2.75) is 38.4 Å². The van der Waals surface area contributed by atoms with Gasteiger partial charge in [0.15, 0.2) is 0 Å². The number of hydrogen-bond donors (Lipinski definition) is 1. The maximum absolute atomic E-state index is 12.6. The Labute approximate surface area is 169 Å². The molecular formula is C20H24ClN5O2. The van der Waals surface area contributed by atoms with Crippen molar-refractivity contribution in [3.63, 3.8) is 0 Å². The number of hydrogen-bond acceptors (Lipinski definition) is 4. The van der Waals surface area contributed by atoms with E-state index in [1.54, 1.807) is 9.58 Å². The van der Waals surface area contributed by atoms with Gasteiger partial charge in [-0.15, -0.1) is 0 Å². The molecule has 2 aliphatic heterocycles. The van der Waals surface area contributed by atoms with Gasteiger partial charge in [-0.3, -0.25) is 14.5 Å². The third kappa shape index (κ3) is 3.64. The van der Waals surface area contributed by atoms with E-state index in [-0.39, 0.29) is 17.9 Å². The Morgan fingerprint density at radius 1 is 1.25 bits per heavy atom. The third-order valence-corrected chi connectivity index (χ3v) is 5.70. The number of fused-ring (bicyclic) bond motifs is 1. The van der Waals surface area contributed by atoms with Crippen LogP contribution in [0.3, 0.4) is 0 Å². The molecule has 7 nitrogen and oxygen atoms in total. The molecule has 2 fully saturated rings. The van der Waals surface area contributed by atoms with Gasteiger partial charge in [0, 0.05) is 37.9 Å². The van der Waals surface area contributed by atoms with Gasteiger partial charge in [0.1, 0.15) is 12.1 Å². The van der Waals surface area contributed by atoms with Crippen LogP contribution in [-0.2, 0) is 16.1 Å². The molecule has 2 atom stereocenters. The highest BCUT2D eigenvalue weighted by Gasteiger charge is 2.42. The lowest BCUT2D eigenvalue weighted by Crippen LogP contribution is -2.69. The molecule has 148 valence electrons. The molecule has 2 saturated heterocycles. The smallest absolute Gasteiger partial charge is 0.245 e. The number of carbonyl (C=O) groups excluding carboxylic acids is 2. The van der Waals surface area contributed by atoms with Gasteiger partial charge >= 0.3 is 0 Å². The van der Waals surface area contributed by atoms with Gasteiger partial charge in [0.05, 0.1) is 16.9 Å². The number of amides is 2. The van der Waals surface area contributed by atoms with Gasteiger partial charge < -0.3 is 10.2 Å². The Kier molecular flexibility index (Phi) is 5.37. The number of carbonyl (C=O) groups is 2. The minimum Gasteiger partial charge on any atom is -0.342 e. The van der Waals surface area contributed by atoms with Crippen LogP contribution in [0.5, 0.6) is 0 Å². The fourth-order valence-corrected chi connectivity index (χ4v) is 4.18. The second kappa shape index (κ2) is 7.93. The van der Waals surface area contributed by atoms with Crippen molar-refractivity contribution in [3.8, 4) is 5.69 Å². The van der Waals surface area contributed by atoms with Crippen LogP contribution in [0.1, 0.15) is 25.3 Å². The van der Waals surface area contributed by atoms with Gasteiger partial charge in [0.2, 0.25) is 11.8 Å². The lowest BCUT2D eigenvalue weighted by Gasteiger charge is -2.45. The minimum atomic E-state index is -0.409. The number of nitrogens with zero attached hydrogens (tertiary/aromatic N) is 4. The Hall–Kier alpha value is -2.38. The van der Waals surface area contributed by atoms with Crippen LogP contribution in [0, 0.1) is 0 Å². The Morgan fingerprint density at radius 2 is 2.07 bits per heavy atom. The summed E-state index contributed by atoms with van der Waals surface area (Å²) in [4.78, 5) is 29.1. The molecule has 1 aromatic carbocycles. The molecule has 0 aliphatic carbocycles. The monoisotopic (exact) mass is 401 g/mol. The van der Waals surface area contributed by atoms with E-state index in [9.17, 15) is 9.59 Å². The number of piperazine rings is 2. The second-order valence-corrected chi connectivity index (χ2v) is 7.78. The molecule has 3 heterocycles. The summed E-state index contributed by atoms with van der Waals surface area (Å²) in [6.45, 7) is 4.55. The van der Waals surface area contributed by atoms with Gasteiger partial charge in [-0.1, -0.05) is 37.1 Å². The van der Waals surface area contributed by atoms with E-state index < -0.39 is 6.04 Å². The van der Waals surface area contributed by atoms with Gasteiger partial charge in [-0.25, -0.2) is 4.68 Å². The molecule has 1 N–H and O–H groups in total. The first-order valence-electron chi connectivity index (χ1n) is 9.68. The van der Waals surface area contributed by atoms with Crippen LogP contribution < -0.4 is 5.32 Å². The van der Waals surface area contributed by atoms with Crippen molar-refractivity contribution < 1.29 is 9.59 Å². The second-order valence-electron chi connectivity index (χ2n) is 7.38. The number of aromatic nitrogens is 2. The first kappa shape index (κ1) is 19.0. The summed E-state index contributed by atoms with van der Waals surface area (Å²) in [5.41, 5.74) is 1.87. The number of nitrogens with one attached hydrogen (secondary N) is 1. The normalized spacial score (nSPS) is 22.9. The standard InChI is InChI=1S/C20H24ClN5O2/c1-2-5-16-20(28)25-9-8-24(13-18(25)19(27)23-16)11-14-10-22-26(12-14)17-7-4-3-6-15(17)21/h3-4,6-7,10,12,16,18H,2,5,8-9,11,13H2,1H3,(H,23,27)/t16-,18+/m0/s1. The summed E-state index contributed by atoms with van der Waals surface area (Å²) < 4.78 is 1.76. The van der Waals surface area contributed by atoms with Crippen LogP contribution in [-0.4, -0.2) is 63.1 Å². The van der Waals surface area contributed by atoms with Crippen molar-refractivity contribution in [1.82, 2.24) is 24.9 Å². The quantitative estimate of drug-likeness (QED) is 0.829. The van der Waals surface area contributed by atoms with Crippen molar-refractivity contribution >= 4 is 23.4 Å². The van der Waals surface area contributed by atoms with Crippen LogP contribution in [0.15, 0.2) is 36.7 Å². The highest BCUT2D eigenvalue weighted by molar-refractivity contribution is 6.32. The predicted molar refractivity (Wildman–Crippen MR) is 106 cm³/mol. The van der Waals surface area contributed by atoms with E-state index >= 15 is 0 Å². The largest absolute Gasteiger partial charge is 0.342 e. The average molecular weight is 402 g/mol. The molecular weight excluding hydrogens is 378 g/mol. The van der Waals surface area contributed by atoms with Gasteiger partial charge in [-0.05, 0) is 18.6 Å². The van der Waals surface area contributed by atoms with Crippen molar-refractivity contribution in [1.29, 1.82) is 0 Å². The van der Waals surface area contributed by atoms with Crippen molar-refractivity contribution in [2.24, 2.45) is 0 Å². The molecule has 2 aliphatic rings. The molecule has 2 amide bonds. The Morgan fingerprint density at radius 3 is 2.86 bits per heavy atom. The Bertz CT molecular complexity index is 883. The Balaban J connectivity index is 1.42. The molecule has 28 heavy (non-hydrogen) atoms. The summed E-state index contributed by atoms with van der Waals surface area (Å²) in [5.74, 6) is 0.00662. The van der Waals surface area contributed by atoms with Crippen LogP contribution in [0.2, 0.25) is 5.02 Å². The fraction of sp³-hybridized carbons (Fsp3) is 0.450. The highest BCUT2D eigenvalue weighted by atomic mass is 35.5. The first-order chi connectivity index (χ1) is 13.6. The van der Waals surface area contributed by atoms with E-state index in [2.05, 4.69) is 15.3 Å². The zero-order valence-electron chi connectivity index (χ0n) is 15.8. The molecule has 0 bridgehead atoms. The summed E-state index contributed by atoms with van der Waals surface area (Å²) in [5, 5.41) is 7.95. The number of rotatable bonds is 5. The molecule has 0 spiro atoms. The van der Waals surface area contributed by atoms with Crippen LogP contribution >= 0.6 is 11.6 Å². The topological polar surface area (TPSA) is 70.5 Å². The summed E-state index contributed by atoms with van der Waals surface area (Å²) in [6, 6.07) is 6.79. The summed E-state index contributed by atoms with van der Waals surface area (Å²) >= 11 is 6.25. The van der Waals surface area contributed by atoms with Crippen molar-refractivity contribution in [3.05, 3.63) is 47.2 Å². The first-order valence-corrected chi connectivity index (χ1v) is 10.1. The molecule has 0 unspecified atom stereocenters.